The Balaban J connectivity index is 2.53. The van der Waals surface area contributed by atoms with Crippen molar-refractivity contribution in [3.63, 3.8) is 0 Å². The Kier molecular flexibility index (Phi) is 6.48. The minimum atomic E-state index is -0.882. The molecule has 29 heavy (non-hydrogen) atoms. The summed E-state index contributed by atoms with van der Waals surface area (Å²) >= 11 is 0.758. The first-order chi connectivity index (χ1) is 13.5. The van der Waals surface area contributed by atoms with Crippen molar-refractivity contribution in [1.82, 2.24) is 9.69 Å². The maximum atomic E-state index is 13.4. The molecule has 10 heteroatoms. The highest BCUT2D eigenvalue weighted by atomic mass is 32.1. The number of methoxy groups -OCH3 is 1. The highest BCUT2D eigenvalue weighted by Crippen LogP contribution is 2.29. The maximum Gasteiger partial charge on any atom is 0.272 e. The van der Waals surface area contributed by atoms with Crippen LogP contribution >= 0.6 is 11.5 Å². The second-order valence-corrected chi connectivity index (χ2v) is 8.20. The number of hydrogen-bond donors (Lipinski definition) is 3. The quantitative estimate of drug-likeness (QED) is 0.652. The van der Waals surface area contributed by atoms with Gasteiger partial charge in [0.1, 0.15) is 16.7 Å². The summed E-state index contributed by atoms with van der Waals surface area (Å²) in [6.45, 7) is 7.13. The molecule has 2 rings (SSSR count). The molecule has 0 aliphatic rings. The number of amides is 3. The number of rotatable bonds is 6. The molecular formula is C19H25N5O4S. The molecule has 0 fully saturated rings. The van der Waals surface area contributed by atoms with E-state index >= 15 is 0 Å². The van der Waals surface area contributed by atoms with Gasteiger partial charge < -0.3 is 21.5 Å². The highest BCUT2D eigenvalue weighted by molar-refractivity contribution is 7.09. The molecular weight excluding hydrogens is 394 g/mol. The lowest BCUT2D eigenvalue weighted by atomic mass is 10.1. The first-order valence-electron chi connectivity index (χ1n) is 8.81. The van der Waals surface area contributed by atoms with Crippen LogP contribution in [0.4, 0.5) is 11.4 Å². The third kappa shape index (κ3) is 5.02. The van der Waals surface area contributed by atoms with E-state index in [2.05, 4.69) is 9.69 Å². The number of nitrogens with one attached hydrogen (secondary N) is 1. The number of carbonyl (C=O) groups is 3. The number of benzene rings is 1. The number of aromatic nitrogens is 1. The van der Waals surface area contributed by atoms with E-state index in [-0.39, 0.29) is 22.2 Å². The number of nitrogens with zero attached hydrogens (tertiary/aromatic N) is 2. The number of carbonyl (C=O) groups excluding carboxylic acids is 3. The van der Waals surface area contributed by atoms with Crippen LogP contribution in [-0.4, -0.2) is 40.8 Å². The standard InChI is InChI=1S/C19H25N5O4S/c1-10(17(26)22-19(2,3)4)24(11-7-6-8-12(9-11)28-5)18(27)15-13(20)14(16(21)25)23-29-15/h6-10H,20H2,1-5H3,(H2,21,25)(H,22,26). The number of hydrogen-bond acceptors (Lipinski definition) is 7. The molecule has 1 unspecified atom stereocenters. The number of nitrogens with two attached hydrogens (primary N) is 2. The van der Waals surface area contributed by atoms with Crippen LogP contribution in [-0.2, 0) is 4.79 Å². The Hall–Kier alpha value is -3.14. The summed E-state index contributed by atoms with van der Waals surface area (Å²) < 4.78 is 9.12. The van der Waals surface area contributed by atoms with E-state index in [4.69, 9.17) is 16.2 Å². The van der Waals surface area contributed by atoms with E-state index in [9.17, 15) is 14.4 Å². The largest absolute Gasteiger partial charge is 0.497 e. The van der Waals surface area contributed by atoms with Gasteiger partial charge in [-0.1, -0.05) is 6.07 Å². The molecule has 2 aromatic rings. The third-order valence-corrected chi connectivity index (χ3v) is 4.82. The fraction of sp³-hybridized carbons (Fsp3) is 0.368. The molecule has 3 amide bonds. The van der Waals surface area contributed by atoms with Gasteiger partial charge in [0.05, 0.1) is 12.8 Å². The minimum absolute atomic E-state index is 0.0250. The molecule has 0 radical (unpaired) electrons. The summed E-state index contributed by atoms with van der Waals surface area (Å²) in [4.78, 5) is 38.9. The average molecular weight is 420 g/mol. The SMILES string of the molecule is COc1cccc(N(C(=O)c2snc(C(N)=O)c2N)C(C)C(=O)NC(C)(C)C)c1. The predicted octanol–water partition coefficient (Wildman–Crippen LogP) is 1.78. The number of ether oxygens (including phenoxy) is 1. The molecule has 156 valence electrons. The number of nitrogen functional groups attached to an aromatic ring is 1. The fourth-order valence-electron chi connectivity index (χ4n) is 2.61. The molecule has 1 aromatic carbocycles. The second-order valence-electron chi connectivity index (χ2n) is 7.43. The summed E-state index contributed by atoms with van der Waals surface area (Å²) in [6.07, 6.45) is 0. The van der Waals surface area contributed by atoms with Crippen LogP contribution in [0.5, 0.6) is 5.75 Å². The molecule has 0 aliphatic heterocycles. The monoisotopic (exact) mass is 419 g/mol. The Labute approximate surface area is 173 Å². The Morgan fingerprint density at radius 1 is 1.28 bits per heavy atom. The Morgan fingerprint density at radius 2 is 1.93 bits per heavy atom. The maximum absolute atomic E-state index is 13.4. The van der Waals surface area contributed by atoms with Crippen molar-refractivity contribution in [2.24, 2.45) is 5.73 Å². The zero-order chi connectivity index (χ0) is 21.9. The normalized spacial score (nSPS) is 12.2. The topological polar surface area (TPSA) is 141 Å². The summed E-state index contributed by atoms with van der Waals surface area (Å²) in [6, 6.07) is 5.84. The average Bonchev–Trinajstić information content (AvgIpc) is 3.02. The smallest absolute Gasteiger partial charge is 0.272 e. The van der Waals surface area contributed by atoms with Crippen LogP contribution in [0.25, 0.3) is 0 Å². The highest BCUT2D eigenvalue weighted by Gasteiger charge is 2.33. The molecule has 0 aliphatic carbocycles. The molecule has 0 spiro atoms. The molecule has 5 N–H and O–H groups in total. The molecule has 1 aromatic heterocycles. The Bertz CT molecular complexity index is 935. The summed E-state index contributed by atoms with van der Waals surface area (Å²) in [5.41, 5.74) is 10.8. The zero-order valence-corrected chi connectivity index (χ0v) is 17.8. The van der Waals surface area contributed by atoms with Gasteiger partial charge in [0.2, 0.25) is 5.91 Å². The van der Waals surface area contributed by atoms with E-state index < -0.39 is 23.4 Å². The van der Waals surface area contributed by atoms with Crippen molar-refractivity contribution in [2.45, 2.75) is 39.3 Å². The van der Waals surface area contributed by atoms with Crippen LogP contribution in [0.3, 0.4) is 0 Å². The lowest BCUT2D eigenvalue weighted by Crippen LogP contribution is -2.52. The Morgan fingerprint density at radius 3 is 2.45 bits per heavy atom. The van der Waals surface area contributed by atoms with Gasteiger partial charge in [-0.05, 0) is 51.4 Å². The molecule has 0 bridgehead atoms. The lowest BCUT2D eigenvalue weighted by molar-refractivity contribution is -0.123. The van der Waals surface area contributed by atoms with Gasteiger partial charge >= 0.3 is 0 Å². The van der Waals surface area contributed by atoms with Crippen LogP contribution in [0, 0.1) is 0 Å². The van der Waals surface area contributed by atoms with E-state index in [0.29, 0.717) is 11.4 Å². The van der Waals surface area contributed by atoms with Crippen molar-refractivity contribution in [2.75, 3.05) is 17.7 Å². The minimum Gasteiger partial charge on any atom is -0.497 e. The summed E-state index contributed by atoms with van der Waals surface area (Å²) in [7, 11) is 1.50. The van der Waals surface area contributed by atoms with E-state index in [0.717, 1.165) is 11.5 Å². The predicted molar refractivity (Wildman–Crippen MR) is 112 cm³/mol. The van der Waals surface area contributed by atoms with Crippen LogP contribution in [0.2, 0.25) is 0 Å². The van der Waals surface area contributed by atoms with E-state index in [1.165, 1.54) is 12.0 Å². The summed E-state index contributed by atoms with van der Waals surface area (Å²) in [5.74, 6) is -1.24. The summed E-state index contributed by atoms with van der Waals surface area (Å²) in [5, 5.41) is 2.86. The third-order valence-electron chi connectivity index (χ3n) is 3.97. The van der Waals surface area contributed by atoms with Crippen molar-refractivity contribution in [1.29, 1.82) is 0 Å². The fourth-order valence-corrected chi connectivity index (χ4v) is 3.35. The van der Waals surface area contributed by atoms with Crippen molar-refractivity contribution < 1.29 is 19.1 Å². The van der Waals surface area contributed by atoms with Crippen molar-refractivity contribution in [3.05, 3.63) is 34.8 Å². The van der Waals surface area contributed by atoms with Gasteiger partial charge in [0.25, 0.3) is 11.8 Å². The van der Waals surface area contributed by atoms with Crippen molar-refractivity contribution in [3.8, 4) is 5.75 Å². The van der Waals surface area contributed by atoms with Crippen molar-refractivity contribution >= 4 is 40.6 Å². The number of anilines is 2. The zero-order valence-electron chi connectivity index (χ0n) is 17.0. The van der Waals surface area contributed by atoms with Gasteiger partial charge in [-0.15, -0.1) is 0 Å². The van der Waals surface area contributed by atoms with Gasteiger partial charge in [-0.3, -0.25) is 19.3 Å². The first-order valence-corrected chi connectivity index (χ1v) is 9.58. The molecule has 0 saturated carbocycles. The first kappa shape index (κ1) is 22.2. The van der Waals surface area contributed by atoms with Gasteiger partial charge in [0.15, 0.2) is 5.69 Å². The lowest BCUT2D eigenvalue weighted by Gasteiger charge is -2.31. The molecule has 1 atom stereocenters. The molecule has 1 heterocycles. The second kappa shape index (κ2) is 8.48. The van der Waals surface area contributed by atoms with Crippen LogP contribution < -0.4 is 26.4 Å². The number of primary amides is 1. The van der Waals surface area contributed by atoms with Gasteiger partial charge in [-0.2, -0.15) is 4.37 Å². The molecule has 0 saturated heterocycles. The van der Waals surface area contributed by atoms with E-state index in [1.54, 1.807) is 31.2 Å². The van der Waals surface area contributed by atoms with Gasteiger partial charge in [-0.25, -0.2) is 0 Å². The van der Waals surface area contributed by atoms with Gasteiger partial charge in [0, 0.05) is 17.3 Å². The van der Waals surface area contributed by atoms with E-state index in [1.807, 2.05) is 20.8 Å². The van der Waals surface area contributed by atoms with Crippen LogP contribution in [0.1, 0.15) is 47.9 Å². The van der Waals surface area contributed by atoms with Crippen LogP contribution in [0.15, 0.2) is 24.3 Å². The molecule has 9 nitrogen and oxygen atoms in total.